The lowest BCUT2D eigenvalue weighted by Crippen LogP contribution is -2.17. The maximum absolute atomic E-state index is 10.4. The second kappa shape index (κ2) is 3.92. The topological polar surface area (TPSA) is 103 Å². The number of rotatable bonds is 2. The summed E-state index contributed by atoms with van der Waals surface area (Å²) in [4.78, 5) is 14.2. The maximum atomic E-state index is 10.4. The Morgan fingerprint density at radius 3 is 2.92 bits per heavy atom. The maximum Gasteiger partial charge on any atom is 0.410 e. The van der Waals surface area contributed by atoms with Crippen molar-refractivity contribution in [2.24, 2.45) is 11.6 Å². The quantitative estimate of drug-likeness (QED) is 0.478. The van der Waals surface area contributed by atoms with Crippen LogP contribution in [0.3, 0.4) is 0 Å². The molecule has 5 N–H and O–H groups in total. The second-order valence-electron chi connectivity index (χ2n) is 2.04. The molecular formula is C6H7ClN4O2. The molecule has 1 aromatic rings. The lowest BCUT2D eigenvalue weighted by Gasteiger charge is -2.06. The van der Waals surface area contributed by atoms with Crippen LogP contribution in [0.15, 0.2) is 12.3 Å². The molecule has 13 heavy (non-hydrogen) atoms. The van der Waals surface area contributed by atoms with Crippen LogP contribution in [-0.2, 0) is 0 Å². The predicted molar refractivity (Wildman–Crippen MR) is 47.3 cm³/mol. The molecule has 1 aromatic heterocycles. The van der Waals surface area contributed by atoms with Gasteiger partial charge in [0.05, 0.1) is 0 Å². The summed E-state index contributed by atoms with van der Waals surface area (Å²) in [6, 6.07) is 1.40. The summed E-state index contributed by atoms with van der Waals surface area (Å²) in [5, 5.41) is 0.101. The van der Waals surface area contributed by atoms with Crippen molar-refractivity contribution >= 4 is 23.5 Å². The summed E-state index contributed by atoms with van der Waals surface area (Å²) < 4.78 is 4.56. The molecule has 0 aromatic carbocycles. The molecule has 0 saturated carbocycles. The standard InChI is InChI=1S/C6H7ClN4O2/c7-4-3(13-6(8)12)1-2-10-5(4)11-9/h1-2H,9H2,(H2,8,12)(H,10,11). The molecule has 0 atom stereocenters. The first-order valence-corrected chi connectivity index (χ1v) is 3.61. The van der Waals surface area contributed by atoms with Crippen molar-refractivity contribution in [2.45, 2.75) is 0 Å². The fourth-order valence-corrected chi connectivity index (χ4v) is 0.919. The molecule has 7 heteroatoms. The second-order valence-corrected chi connectivity index (χ2v) is 2.42. The number of nitrogens with one attached hydrogen (secondary N) is 1. The smallest absolute Gasteiger partial charge is 0.409 e. The molecule has 0 aliphatic heterocycles. The number of aromatic nitrogens is 1. The fourth-order valence-electron chi connectivity index (χ4n) is 0.714. The largest absolute Gasteiger partial charge is 0.410 e. The lowest BCUT2D eigenvalue weighted by atomic mass is 10.4. The third-order valence-electron chi connectivity index (χ3n) is 1.20. The minimum absolute atomic E-state index is 0.101. The van der Waals surface area contributed by atoms with E-state index in [4.69, 9.17) is 23.2 Å². The average Bonchev–Trinajstić information content (AvgIpc) is 2.08. The Morgan fingerprint density at radius 1 is 1.69 bits per heavy atom. The molecule has 1 rings (SSSR count). The SMILES string of the molecule is NNc1nccc(OC(N)=O)c1Cl. The van der Waals surface area contributed by atoms with E-state index >= 15 is 0 Å². The zero-order chi connectivity index (χ0) is 9.84. The minimum Gasteiger partial charge on any atom is -0.409 e. The molecule has 0 unspecified atom stereocenters. The average molecular weight is 203 g/mol. The summed E-state index contributed by atoms with van der Waals surface area (Å²) >= 11 is 5.72. The highest BCUT2D eigenvalue weighted by molar-refractivity contribution is 6.34. The normalized spacial score (nSPS) is 9.38. The predicted octanol–water partition coefficient (Wildman–Crippen LogP) is 0.478. The van der Waals surface area contributed by atoms with Gasteiger partial charge in [0.2, 0.25) is 0 Å². The van der Waals surface area contributed by atoms with Crippen molar-refractivity contribution in [3.8, 4) is 5.75 Å². The molecule has 0 bridgehead atoms. The highest BCUT2D eigenvalue weighted by Crippen LogP contribution is 2.29. The summed E-state index contributed by atoms with van der Waals surface area (Å²) in [6.07, 6.45) is 0.426. The van der Waals surface area contributed by atoms with E-state index < -0.39 is 6.09 Å². The van der Waals surface area contributed by atoms with Gasteiger partial charge in [-0.25, -0.2) is 15.6 Å². The van der Waals surface area contributed by atoms with Crippen LogP contribution in [0.5, 0.6) is 5.75 Å². The number of amides is 1. The van der Waals surface area contributed by atoms with Crippen LogP contribution in [0.4, 0.5) is 10.6 Å². The van der Waals surface area contributed by atoms with E-state index in [1.165, 1.54) is 12.3 Å². The molecule has 0 radical (unpaired) electrons. The first-order chi connectivity index (χ1) is 6.15. The van der Waals surface area contributed by atoms with E-state index in [9.17, 15) is 4.79 Å². The van der Waals surface area contributed by atoms with E-state index in [2.05, 4.69) is 15.1 Å². The third-order valence-corrected chi connectivity index (χ3v) is 1.57. The number of carbonyl (C=O) groups is 1. The molecule has 0 aliphatic rings. The monoisotopic (exact) mass is 202 g/mol. The van der Waals surface area contributed by atoms with E-state index in [0.717, 1.165) is 0 Å². The van der Waals surface area contributed by atoms with Crippen molar-refractivity contribution in [1.29, 1.82) is 0 Å². The Labute approximate surface area is 78.8 Å². The number of hydrazine groups is 1. The Kier molecular flexibility index (Phi) is 2.88. The van der Waals surface area contributed by atoms with Crippen LogP contribution >= 0.6 is 11.6 Å². The number of primary amides is 1. The van der Waals surface area contributed by atoms with Crippen LogP contribution in [0, 0.1) is 0 Å². The molecule has 1 heterocycles. The number of halogens is 1. The van der Waals surface area contributed by atoms with Crippen LogP contribution in [0.2, 0.25) is 5.02 Å². The molecule has 0 spiro atoms. The van der Waals surface area contributed by atoms with Gasteiger partial charge in [-0.05, 0) is 0 Å². The van der Waals surface area contributed by atoms with Crippen LogP contribution in [0.25, 0.3) is 0 Å². The molecule has 70 valence electrons. The van der Waals surface area contributed by atoms with Crippen molar-refractivity contribution in [3.63, 3.8) is 0 Å². The van der Waals surface area contributed by atoms with E-state index in [-0.39, 0.29) is 16.6 Å². The molecule has 0 fully saturated rings. The molecule has 0 saturated heterocycles. The molecule has 1 amide bonds. The lowest BCUT2D eigenvalue weighted by molar-refractivity contribution is 0.211. The molecule has 0 aliphatic carbocycles. The minimum atomic E-state index is -0.948. The van der Waals surface area contributed by atoms with Crippen molar-refractivity contribution in [3.05, 3.63) is 17.3 Å². The van der Waals surface area contributed by atoms with Gasteiger partial charge in [0.1, 0.15) is 5.02 Å². The summed E-state index contributed by atoms with van der Waals surface area (Å²) in [5.41, 5.74) is 7.03. The Bertz CT molecular complexity index is 330. The number of hydrogen-bond acceptors (Lipinski definition) is 5. The van der Waals surface area contributed by atoms with Crippen molar-refractivity contribution in [2.75, 3.05) is 5.43 Å². The Hall–Kier alpha value is -1.53. The van der Waals surface area contributed by atoms with Gasteiger partial charge in [0, 0.05) is 12.3 Å². The van der Waals surface area contributed by atoms with Gasteiger partial charge in [-0.3, -0.25) is 0 Å². The number of hydrogen-bond donors (Lipinski definition) is 3. The van der Waals surface area contributed by atoms with E-state index in [0.29, 0.717) is 0 Å². The van der Waals surface area contributed by atoms with E-state index in [1.54, 1.807) is 0 Å². The summed E-state index contributed by atoms with van der Waals surface area (Å²) in [6.45, 7) is 0. The van der Waals surface area contributed by atoms with Crippen LogP contribution < -0.4 is 21.7 Å². The fraction of sp³-hybridized carbons (Fsp3) is 0. The van der Waals surface area contributed by atoms with Gasteiger partial charge in [-0.2, -0.15) is 0 Å². The highest BCUT2D eigenvalue weighted by Gasteiger charge is 2.09. The van der Waals surface area contributed by atoms with Gasteiger partial charge < -0.3 is 15.9 Å². The number of carbonyl (C=O) groups excluding carboxylic acids is 1. The van der Waals surface area contributed by atoms with Crippen LogP contribution in [-0.4, -0.2) is 11.1 Å². The molecule has 6 nitrogen and oxygen atoms in total. The third kappa shape index (κ3) is 2.20. The van der Waals surface area contributed by atoms with Gasteiger partial charge >= 0.3 is 6.09 Å². The molecular weight excluding hydrogens is 196 g/mol. The van der Waals surface area contributed by atoms with Crippen molar-refractivity contribution in [1.82, 2.24) is 4.98 Å². The van der Waals surface area contributed by atoms with E-state index in [1.807, 2.05) is 0 Å². The first kappa shape index (κ1) is 9.56. The number of nitrogens with two attached hydrogens (primary N) is 2. The van der Waals surface area contributed by atoms with Gasteiger partial charge in [0.15, 0.2) is 11.6 Å². The number of ether oxygens (including phenoxy) is 1. The zero-order valence-electron chi connectivity index (χ0n) is 6.45. The van der Waals surface area contributed by atoms with Gasteiger partial charge in [0.25, 0.3) is 0 Å². The van der Waals surface area contributed by atoms with Gasteiger partial charge in [-0.15, -0.1) is 0 Å². The highest BCUT2D eigenvalue weighted by atomic mass is 35.5. The number of nitrogens with zero attached hydrogens (tertiary/aromatic N) is 1. The summed E-state index contributed by atoms with van der Waals surface area (Å²) in [5.74, 6) is 5.40. The Balaban J connectivity index is 3.01. The zero-order valence-corrected chi connectivity index (χ0v) is 7.21. The van der Waals surface area contributed by atoms with Crippen molar-refractivity contribution < 1.29 is 9.53 Å². The number of pyridine rings is 1. The summed E-state index contributed by atoms with van der Waals surface area (Å²) in [7, 11) is 0. The van der Waals surface area contributed by atoms with Gasteiger partial charge in [-0.1, -0.05) is 11.6 Å². The number of anilines is 1. The number of nitrogen functional groups attached to an aromatic ring is 1. The van der Waals surface area contributed by atoms with Crippen LogP contribution in [0.1, 0.15) is 0 Å². The Morgan fingerprint density at radius 2 is 2.38 bits per heavy atom. The first-order valence-electron chi connectivity index (χ1n) is 3.23.